The van der Waals surface area contributed by atoms with Crippen molar-refractivity contribution in [3.63, 3.8) is 0 Å². The van der Waals surface area contributed by atoms with Crippen LogP contribution < -0.4 is 0 Å². The largest absolute Gasteiger partial charge is 0.361 e. The molecule has 32 heavy (non-hydrogen) atoms. The van der Waals surface area contributed by atoms with Gasteiger partial charge < -0.3 is 9.42 Å². The number of benzene rings is 2. The van der Waals surface area contributed by atoms with E-state index in [1.807, 2.05) is 73.7 Å². The molecule has 1 amide bonds. The molecule has 0 aliphatic heterocycles. The highest BCUT2D eigenvalue weighted by atomic mass is 35.5. The van der Waals surface area contributed by atoms with Crippen LogP contribution in [0.4, 0.5) is 0 Å². The number of aryl methyl sites for hydroxylation is 2. The van der Waals surface area contributed by atoms with Gasteiger partial charge in [0.1, 0.15) is 16.6 Å². The lowest BCUT2D eigenvalue weighted by atomic mass is 10.1. The smallest absolute Gasteiger partial charge is 0.258 e. The molecule has 0 spiro atoms. The second kappa shape index (κ2) is 9.83. The van der Waals surface area contributed by atoms with Crippen molar-refractivity contribution >= 4 is 17.5 Å². The van der Waals surface area contributed by atoms with Gasteiger partial charge in [-0.2, -0.15) is 5.10 Å². The summed E-state index contributed by atoms with van der Waals surface area (Å²) >= 11 is 6.54. The number of nitrogens with zero attached hydrogens (tertiary/aromatic N) is 4. The lowest BCUT2D eigenvalue weighted by Crippen LogP contribution is -2.28. The molecule has 0 saturated carbocycles. The van der Waals surface area contributed by atoms with E-state index < -0.39 is 0 Å². The van der Waals surface area contributed by atoms with Crippen molar-refractivity contribution < 1.29 is 9.32 Å². The SMILES string of the molecule is Cc1nn(Cc2ccccc2)c(Cl)c1C(=O)N(C)CCCc1cc(-c2ccccc2)no1. The van der Waals surface area contributed by atoms with Crippen LogP contribution in [0.2, 0.25) is 5.15 Å². The molecule has 0 aliphatic carbocycles. The average Bonchev–Trinajstić information content (AvgIpc) is 3.39. The third kappa shape index (κ3) is 4.92. The van der Waals surface area contributed by atoms with Gasteiger partial charge in [-0.15, -0.1) is 0 Å². The molecule has 0 atom stereocenters. The minimum Gasteiger partial charge on any atom is -0.361 e. The number of carbonyl (C=O) groups is 1. The molecule has 0 unspecified atom stereocenters. The van der Waals surface area contributed by atoms with E-state index in [1.54, 1.807) is 16.6 Å². The summed E-state index contributed by atoms with van der Waals surface area (Å²) in [4.78, 5) is 14.7. The van der Waals surface area contributed by atoms with Crippen molar-refractivity contribution in [2.45, 2.75) is 26.3 Å². The molecular weight excluding hydrogens is 424 g/mol. The van der Waals surface area contributed by atoms with Crippen LogP contribution in [0.3, 0.4) is 0 Å². The van der Waals surface area contributed by atoms with E-state index in [9.17, 15) is 4.79 Å². The van der Waals surface area contributed by atoms with Crippen LogP contribution in [-0.2, 0) is 13.0 Å². The zero-order valence-electron chi connectivity index (χ0n) is 18.2. The summed E-state index contributed by atoms with van der Waals surface area (Å²) in [5.41, 5.74) is 4.00. The molecule has 0 radical (unpaired) electrons. The molecule has 0 fully saturated rings. The van der Waals surface area contributed by atoms with E-state index in [1.165, 1.54) is 0 Å². The van der Waals surface area contributed by atoms with Crippen molar-refractivity contribution in [2.24, 2.45) is 0 Å². The molecule has 2 aromatic heterocycles. The lowest BCUT2D eigenvalue weighted by Gasteiger charge is -2.16. The van der Waals surface area contributed by atoms with Gasteiger partial charge in [0.05, 0.1) is 17.8 Å². The Balaban J connectivity index is 1.35. The third-order valence-electron chi connectivity index (χ3n) is 5.35. The molecule has 0 N–H and O–H groups in total. The molecule has 4 aromatic rings. The van der Waals surface area contributed by atoms with Crippen molar-refractivity contribution in [1.29, 1.82) is 0 Å². The number of amides is 1. The topological polar surface area (TPSA) is 64.2 Å². The van der Waals surface area contributed by atoms with E-state index in [0.717, 1.165) is 29.0 Å². The summed E-state index contributed by atoms with van der Waals surface area (Å²) in [7, 11) is 1.78. The Hall–Kier alpha value is -3.38. The average molecular weight is 449 g/mol. The zero-order valence-corrected chi connectivity index (χ0v) is 18.9. The second-order valence-electron chi connectivity index (χ2n) is 7.77. The first-order valence-corrected chi connectivity index (χ1v) is 10.9. The van der Waals surface area contributed by atoms with Gasteiger partial charge in [-0.05, 0) is 18.9 Å². The maximum Gasteiger partial charge on any atom is 0.258 e. The van der Waals surface area contributed by atoms with Gasteiger partial charge in [-0.25, -0.2) is 4.68 Å². The highest BCUT2D eigenvalue weighted by molar-refractivity contribution is 6.33. The van der Waals surface area contributed by atoms with E-state index in [2.05, 4.69) is 10.3 Å². The van der Waals surface area contributed by atoms with Crippen LogP contribution in [0.1, 0.15) is 33.8 Å². The van der Waals surface area contributed by atoms with Gasteiger partial charge in [-0.1, -0.05) is 77.4 Å². The molecule has 0 aliphatic rings. The fraction of sp³-hybridized carbons (Fsp3) is 0.240. The van der Waals surface area contributed by atoms with E-state index >= 15 is 0 Å². The summed E-state index contributed by atoms with van der Waals surface area (Å²) < 4.78 is 7.13. The van der Waals surface area contributed by atoms with E-state index in [-0.39, 0.29) is 5.91 Å². The van der Waals surface area contributed by atoms with Crippen molar-refractivity contribution in [3.05, 3.63) is 94.5 Å². The summed E-state index contributed by atoms with van der Waals surface area (Å²) in [5, 5.41) is 8.99. The lowest BCUT2D eigenvalue weighted by molar-refractivity contribution is 0.0792. The maximum absolute atomic E-state index is 13.0. The quantitative estimate of drug-likeness (QED) is 0.369. The monoisotopic (exact) mass is 448 g/mol. The van der Waals surface area contributed by atoms with Crippen LogP contribution in [0.25, 0.3) is 11.3 Å². The van der Waals surface area contributed by atoms with Crippen LogP contribution in [0.15, 0.2) is 71.3 Å². The number of halogens is 1. The molecule has 6 nitrogen and oxygen atoms in total. The Morgan fingerprint density at radius 2 is 1.78 bits per heavy atom. The molecule has 0 bridgehead atoms. The molecule has 164 valence electrons. The summed E-state index contributed by atoms with van der Waals surface area (Å²) in [5.74, 6) is 0.670. The number of rotatable bonds is 8. The first kappa shape index (κ1) is 21.8. The van der Waals surface area contributed by atoms with E-state index in [0.29, 0.717) is 35.9 Å². The number of hydrogen-bond acceptors (Lipinski definition) is 4. The van der Waals surface area contributed by atoms with Gasteiger partial charge in [0, 0.05) is 31.6 Å². The van der Waals surface area contributed by atoms with Crippen LogP contribution in [0, 0.1) is 6.92 Å². The van der Waals surface area contributed by atoms with Gasteiger partial charge in [0.25, 0.3) is 5.91 Å². The second-order valence-corrected chi connectivity index (χ2v) is 8.13. The number of carbonyl (C=O) groups excluding carboxylic acids is 1. The first-order chi connectivity index (χ1) is 15.5. The van der Waals surface area contributed by atoms with Crippen molar-refractivity contribution in [3.8, 4) is 11.3 Å². The minimum absolute atomic E-state index is 0.130. The normalized spacial score (nSPS) is 11.0. The Morgan fingerprint density at radius 3 is 2.50 bits per heavy atom. The minimum atomic E-state index is -0.130. The number of aromatic nitrogens is 3. The van der Waals surface area contributed by atoms with Gasteiger partial charge in [0.2, 0.25) is 0 Å². The maximum atomic E-state index is 13.0. The predicted molar refractivity (Wildman–Crippen MR) is 125 cm³/mol. The molecule has 4 rings (SSSR count). The Kier molecular flexibility index (Phi) is 6.71. The van der Waals surface area contributed by atoms with Crippen molar-refractivity contribution in [1.82, 2.24) is 19.8 Å². The summed E-state index contributed by atoms with van der Waals surface area (Å²) in [6, 6.07) is 21.8. The highest BCUT2D eigenvalue weighted by Gasteiger charge is 2.23. The Morgan fingerprint density at radius 1 is 1.09 bits per heavy atom. The molecule has 7 heteroatoms. The van der Waals surface area contributed by atoms with Gasteiger partial charge in [-0.3, -0.25) is 4.79 Å². The number of hydrogen-bond donors (Lipinski definition) is 0. The van der Waals surface area contributed by atoms with Crippen LogP contribution >= 0.6 is 11.6 Å². The molecule has 2 aromatic carbocycles. The molecular formula is C25H25ClN4O2. The predicted octanol–water partition coefficient (Wildman–Crippen LogP) is 5.25. The van der Waals surface area contributed by atoms with Gasteiger partial charge >= 0.3 is 0 Å². The third-order valence-corrected chi connectivity index (χ3v) is 5.73. The summed E-state index contributed by atoms with van der Waals surface area (Å²) in [6.07, 6.45) is 1.44. The van der Waals surface area contributed by atoms with E-state index in [4.69, 9.17) is 16.1 Å². The van der Waals surface area contributed by atoms with Gasteiger partial charge in [0.15, 0.2) is 0 Å². The highest BCUT2D eigenvalue weighted by Crippen LogP contribution is 2.23. The zero-order chi connectivity index (χ0) is 22.5. The van der Waals surface area contributed by atoms with Crippen LogP contribution in [-0.4, -0.2) is 39.3 Å². The molecule has 0 saturated heterocycles. The summed E-state index contributed by atoms with van der Waals surface area (Å²) in [6.45, 7) is 2.90. The Labute approximate surface area is 192 Å². The Bertz CT molecular complexity index is 1190. The fourth-order valence-corrected chi connectivity index (χ4v) is 3.93. The van der Waals surface area contributed by atoms with Crippen LogP contribution in [0.5, 0.6) is 0 Å². The first-order valence-electron chi connectivity index (χ1n) is 10.6. The molecule has 2 heterocycles. The fourth-order valence-electron chi connectivity index (χ4n) is 3.62. The van der Waals surface area contributed by atoms with Crippen molar-refractivity contribution in [2.75, 3.05) is 13.6 Å². The standard InChI is InChI=1S/C25H25ClN4O2/c1-18-23(24(26)30(27-18)17-19-10-5-3-6-11-19)25(31)29(2)15-9-14-21-16-22(28-32-21)20-12-7-4-8-13-20/h3-8,10-13,16H,9,14-15,17H2,1-2H3.